The van der Waals surface area contributed by atoms with Gasteiger partial charge in [-0.3, -0.25) is 0 Å². The minimum atomic E-state index is 0.726. The first-order valence-corrected chi connectivity index (χ1v) is 5.97. The van der Waals surface area contributed by atoms with Crippen molar-refractivity contribution in [1.82, 2.24) is 0 Å². The Kier molecular flexibility index (Phi) is 4.25. The minimum Gasteiger partial charge on any atom is -0.464 e. The van der Waals surface area contributed by atoms with E-state index in [1.807, 2.05) is 30.3 Å². The van der Waals surface area contributed by atoms with Crippen LogP contribution in [0.5, 0.6) is 0 Å². The van der Waals surface area contributed by atoms with Crippen LogP contribution in [0.1, 0.15) is 6.42 Å². The summed E-state index contributed by atoms with van der Waals surface area (Å²) in [5.41, 5.74) is 8.55. The number of methoxy groups -OCH3 is 1. The average molecular weight is 246 g/mol. The van der Waals surface area contributed by atoms with Crippen molar-refractivity contribution in [2.75, 3.05) is 31.3 Å². The van der Waals surface area contributed by atoms with Crippen LogP contribution >= 0.6 is 0 Å². The molecule has 1 heterocycles. The Bertz CT molecular complexity index is 481. The highest BCUT2D eigenvalue weighted by molar-refractivity contribution is 5.77. The zero-order chi connectivity index (χ0) is 12.8. The lowest BCUT2D eigenvalue weighted by Crippen LogP contribution is -2.05. The van der Waals surface area contributed by atoms with Crippen LogP contribution in [0.3, 0.4) is 0 Å². The third kappa shape index (κ3) is 3.05. The van der Waals surface area contributed by atoms with Gasteiger partial charge in [0.05, 0.1) is 6.26 Å². The maximum atomic E-state index is 5.82. The number of benzene rings is 1. The van der Waals surface area contributed by atoms with E-state index < -0.39 is 0 Å². The molecule has 4 heteroatoms. The van der Waals surface area contributed by atoms with E-state index in [0.29, 0.717) is 0 Å². The topological polar surface area (TPSA) is 60.4 Å². The fraction of sp³-hybridized carbons (Fsp3) is 0.286. The number of ether oxygens (including phenoxy) is 1. The quantitative estimate of drug-likeness (QED) is 0.607. The molecule has 4 nitrogen and oxygen atoms in total. The highest BCUT2D eigenvalue weighted by atomic mass is 16.5. The van der Waals surface area contributed by atoms with Crippen molar-refractivity contribution in [2.45, 2.75) is 6.42 Å². The van der Waals surface area contributed by atoms with E-state index in [0.717, 1.165) is 42.3 Å². The number of hydrogen-bond donors (Lipinski definition) is 2. The molecule has 1 aromatic carbocycles. The van der Waals surface area contributed by atoms with Crippen LogP contribution in [0.25, 0.3) is 11.3 Å². The first kappa shape index (κ1) is 12.5. The van der Waals surface area contributed by atoms with Crippen LogP contribution in [-0.2, 0) is 4.74 Å². The molecule has 0 aliphatic heterocycles. The number of nitrogens with one attached hydrogen (secondary N) is 1. The molecule has 0 aliphatic rings. The Hall–Kier alpha value is -1.94. The Morgan fingerprint density at radius 2 is 2.22 bits per heavy atom. The fourth-order valence-electron chi connectivity index (χ4n) is 1.79. The first-order valence-electron chi connectivity index (χ1n) is 5.97. The van der Waals surface area contributed by atoms with Crippen molar-refractivity contribution in [3.63, 3.8) is 0 Å². The van der Waals surface area contributed by atoms with Gasteiger partial charge in [-0.1, -0.05) is 0 Å². The Morgan fingerprint density at radius 3 is 2.94 bits per heavy atom. The second-order valence-electron chi connectivity index (χ2n) is 4.06. The van der Waals surface area contributed by atoms with Gasteiger partial charge in [-0.15, -0.1) is 0 Å². The van der Waals surface area contributed by atoms with Crippen molar-refractivity contribution < 1.29 is 9.15 Å². The van der Waals surface area contributed by atoms with E-state index in [2.05, 4.69) is 5.32 Å². The van der Waals surface area contributed by atoms with Crippen LogP contribution in [0.2, 0.25) is 0 Å². The lowest BCUT2D eigenvalue weighted by molar-refractivity contribution is 0.198. The van der Waals surface area contributed by atoms with Crippen LogP contribution in [0.4, 0.5) is 11.4 Å². The molecule has 0 bridgehead atoms. The highest BCUT2D eigenvalue weighted by Crippen LogP contribution is 2.30. The second kappa shape index (κ2) is 6.12. The Labute approximate surface area is 107 Å². The largest absolute Gasteiger partial charge is 0.464 e. The second-order valence-corrected chi connectivity index (χ2v) is 4.06. The third-order valence-corrected chi connectivity index (χ3v) is 2.67. The molecule has 0 fully saturated rings. The lowest BCUT2D eigenvalue weighted by Gasteiger charge is -2.11. The molecule has 3 N–H and O–H groups in total. The summed E-state index contributed by atoms with van der Waals surface area (Å²) in [7, 11) is 1.71. The highest BCUT2D eigenvalue weighted by Gasteiger charge is 2.07. The van der Waals surface area contributed by atoms with Crippen molar-refractivity contribution >= 4 is 11.4 Å². The number of nitrogens with two attached hydrogens (primary N) is 1. The van der Waals surface area contributed by atoms with Crippen LogP contribution in [-0.4, -0.2) is 20.3 Å². The van der Waals surface area contributed by atoms with Crippen molar-refractivity contribution in [2.24, 2.45) is 0 Å². The van der Waals surface area contributed by atoms with Crippen molar-refractivity contribution in [3.05, 3.63) is 36.6 Å². The Morgan fingerprint density at radius 1 is 1.33 bits per heavy atom. The predicted octanol–water partition coefficient (Wildman–Crippen LogP) is 2.98. The molecule has 0 unspecified atom stereocenters. The summed E-state index contributed by atoms with van der Waals surface area (Å²) in [5, 5.41) is 3.37. The van der Waals surface area contributed by atoms with Gasteiger partial charge in [0.25, 0.3) is 0 Å². The molecule has 18 heavy (non-hydrogen) atoms. The first-order chi connectivity index (χ1) is 8.81. The molecule has 0 amide bonds. The number of hydrogen-bond acceptors (Lipinski definition) is 4. The molecule has 0 radical (unpaired) electrons. The molecule has 2 rings (SSSR count). The monoisotopic (exact) mass is 246 g/mol. The summed E-state index contributed by atoms with van der Waals surface area (Å²) in [6, 6.07) is 9.56. The van der Waals surface area contributed by atoms with Crippen molar-refractivity contribution in [3.8, 4) is 11.3 Å². The standard InChI is InChI=1S/C14H18N2O2/c1-17-8-3-7-16-13-6-5-11(15)10-12(13)14-4-2-9-18-14/h2,4-6,9-10,16H,3,7-8,15H2,1H3. The van der Waals surface area contributed by atoms with Gasteiger partial charge in [-0.25, -0.2) is 0 Å². The van der Waals surface area contributed by atoms with Crippen LogP contribution in [0, 0.1) is 0 Å². The number of rotatable bonds is 6. The summed E-state index contributed by atoms with van der Waals surface area (Å²) in [5.74, 6) is 0.816. The van der Waals surface area contributed by atoms with E-state index in [1.54, 1.807) is 13.4 Å². The summed E-state index contributed by atoms with van der Waals surface area (Å²) in [6.45, 7) is 1.60. The third-order valence-electron chi connectivity index (χ3n) is 2.67. The summed E-state index contributed by atoms with van der Waals surface area (Å²) in [6.07, 6.45) is 2.62. The van der Waals surface area contributed by atoms with E-state index in [-0.39, 0.29) is 0 Å². The van der Waals surface area contributed by atoms with Gasteiger partial charge >= 0.3 is 0 Å². The van der Waals surface area contributed by atoms with Crippen LogP contribution in [0.15, 0.2) is 41.0 Å². The molecular weight excluding hydrogens is 228 g/mol. The number of anilines is 2. The smallest absolute Gasteiger partial charge is 0.136 e. The minimum absolute atomic E-state index is 0.726. The average Bonchev–Trinajstić information content (AvgIpc) is 2.90. The normalized spacial score (nSPS) is 10.5. The molecule has 0 saturated heterocycles. The van der Waals surface area contributed by atoms with Gasteiger partial charge in [-0.2, -0.15) is 0 Å². The summed E-state index contributed by atoms with van der Waals surface area (Å²) in [4.78, 5) is 0. The maximum absolute atomic E-state index is 5.82. The van der Waals surface area contributed by atoms with Gasteiger partial charge in [0, 0.05) is 37.2 Å². The molecule has 0 atom stereocenters. The zero-order valence-corrected chi connectivity index (χ0v) is 10.5. The molecule has 0 saturated carbocycles. The number of nitrogen functional groups attached to an aromatic ring is 1. The van der Waals surface area contributed by atoms with Gasteiger partial charge in [0.2, 0.25) is 0 Å². The van der Waals surface area contributed by atoms with E-state index >= 15 is 0 Å². The van der Waals surface area contributed by atoms with E-state index in [4.69, 9.17) is 14.9 Å². The molecule has 96 valence electrons. The van der Waals surface area contributed by atoms with Crippen LogP contribution < -0.4 is 11.1 Å². The predicted molar refractivity (Wildman–Crippen MR) is 73.5 cm³/mol. The lowest BCUT2D eigenvalue weighted by atomic mass is 10.1. The van der Waals surface area contributed by atoms with Gasteiger partial charge in [0.15, 0.2) is 0 Å². The van der Waals surface area contributed by atoms with Gasteiger partial charge in [-0.05, 0) is 36.8 Å². The van der Waals surface area contributed by atoms with Gasteiger partial charge < -0.3 is 20.2 Å². The molecule has 1 aromatic heterocycles. The molecular formula is C14H18N2O2. The summed E-state index contributed by atoms with van der Waals surface area (Å²) >= 11 is 0. The van der Waals surface area contributed by atoms with E-state index in [9.17, 15) is 0 Å². The van der Waals surface area contributed by atoms with E-state index in [1.165, 1.54) is 0 Å². The maximum Gasteiger partial charge on any atom is 0.136 e. The zero-order valence-electron chi connectivity index (χ0n) is 10.5. The SMILES string of the molecule is COCCCNc1ccc(N)cc1-c1ccco1. The number of furan rings is 1. The van der Waals surface area contributed by atoms with Crippen molar-refractivity contribution in [1.29, 1.82) is 0 Å². The molecule has 0 aliphatic carbocycles. The summed E-state index contributed by atoms with van der Waals surface area (Å²) < 4.78 is 10.4. The molecule has 2 aromatic rings. The Balaban J connectivity index is 2.14. The van der Waals surface area contributed by atoms with Gasteiger partial charge in [0.1, 0.15) is 5.76 Å². The fourth-order valence-corrected chi connectivity index (χ4v) is 1.79. The molecule has 0 spiro atoms.